The largest absolute Gasteiger partial charge is 0.507 e. The van der Waals surface area contributed by atoms with Crippen LogP contribution in [0.1, 0.15) is 110 Å². The van der Waals surface area contributed by atoms with Crippen LogP contribution in [0.5, 0.6) is 5.75 Å². The maximum atomic E-state index is 16.7. The first kappa shape index (κ1) is 33.7. The van der Waals surface area contributed by atoms with E-state index in [0.29, 0.717) is 23.5 Å². The van der Waals surface area contributed by atoms with Gasteiger partial charge in [0.1, 0.15) is 11.6 Å². The summed E-state index contributed by atoms with van der Waals surface area (Å²) in [7, 11) is 0. The molecule has 0 aliphatic rings. The lowest BCUT2D eigenvalue weighted by atomic mass is 9.79. The second-order valence-corrected chi connectivity index (χ2v) is 11.8. The minimum absolute atomic E-state index is 0.0249. The van der Waals surface area contributed by atoms with Gasteiger partial charge < -0.3 is 10.4 Å². The highest BCUT2D eigenvalue weighted by Crippen LogP contribution is 2.43. The van der Waals surface area contributed by atoms with E-state index in [1.807, 2.05) is 25.1 Å². The summed E-state index contributed by atoms with van der Waals surface area (Å²) in [5, 5.41) is 15.0. The molecule has 4 heteroatoms. The van der Waals surface area contributed by atoms with Gasteiger partial charge in [-0.05, 0) is 80.7 Å². The molecular formula is C36H51ClFNO. The summed E-state index contributed by atoms with van der Waals surface area (Å²) >= 11 is 6.93. The second kappa shape index (κ2) is 15.5. The highest BCUT2D eigenvalue weighted by molar-refractivity contribution is 6.33. The molecule has 0 bridgehead atoms. The summed E-state index contributed by atoms with van der Waals surface area (Å²) in [4.78, 5) is 0. The van der Waals surface area contributed by atoms with E-state index in [2.05, 4.69) is 60.0 Å². The van der Waals surface area contributed by atoms with Crippen molar-refractivity contribution in [2.75, 3.05) is 0 Å². The number of aryl methyl sites for hydroxylation is 1. The zero-order valence-corrected chi connectivity index (χ0v) is 26.7. The Kier molecular flexibility index (Phi) is 13.0. The number of halogens is 2. The molecule has 220 valence electrons. The smallest absolute Gasteiger partial charge is 0.136 e. The molecule has 0 saturated heterocycles. The average Bonchev–Trinajstić information content (AvgIpc) is 2.91. The maximum Gasteiger partial charge on any atom is 0.136 e. The van der Waals surface area contributed by atoms with Gasteiger partial charge in [-0.2, -0.15) is 0 Å². The van der Waals surface area contributed by atoms with Crippen LogP contribution >= 0.6 is 11.6 Å². The predicted octanol–water partition coefficient (Wildman–Crippen LogP) is 11.3. The van der Waals surface area contributed by atoms with Gasteiger partial charge in [0.2, 0.25) is 0 Å². The summed E-state index contributed by atoms with van der Waals surface area (Å²) in [5.41, 5.74) is 5.55. The van der Waals surface area contributed by atoms with Crippen molar-refractivity contribution in [3.63, 3.8) is 0 Å². The number of aromatic hydroxyl groups is 1. The Hall–Kier alpha value is -2.52. The zero-order chi connectivity index (χ0) is 30.0. The van der Waals surface area contributed by atoms with Crippen molar-refractivity contribution < 1.29 is 9.50 Å². The molecule has 2 aromatic carbocycles. The number of rotatable bonds is 16. The average molecular weight is 568 g/mol. The predicted molar refractivity (Wildman–Crippen MR) is 174 cm³/mol. The molecule has 0 radical (unpaired) electrons. The molecule has 2 rings (SSSR count). The minimum Gasteiger partial charge on any atom is -0.507 e. The third kappa shape index (κ3) is 7.60. The van der Waals surface area contributed by atoms with Crippen molar-refractivity contribution in [1.29, 1.82) is 0 Å². The van der Waals surface area contributed by atoms with Crippen LogP contribution < -0.4 is 5.32 Å². The lowest BCUT2D eigenvalue weighted by Crippen LogP contribution is -2.46. The Bertz CT molecular complexity index is 1190. The lowest BCUT2D eigenvalue weighted by molar-refractivity contribution is 0.331. The first-order chi connectivity index (χ1) is 19.0. The van der Waals surface area contributed by atoms with Crippen molar-refractivity contribution in [2.45, 2.75) is 112 Å². The van der Waals surface area contributed by atoms with Gasteiger partial charge in [-0.3, -0.25) is 0 Å². The number of hydrogen-bond acceptors (Lipinski definition) is 2. The van der Waals surface area contributed by atoms with Gasteiger partial charge in [0.25, 0.3) is 0 Å². The maximum absolute atomic E-state index is 16.7. The standard InChI is InChI=1S/C36H51ClFNO/c1-10-16-27(14-5)35(39-36(21-12-3,24(6)7)22-20-25(8)13-4)29-23-30(37)33(34(38)28(29)17-11-2)32-26(9)18-15-19-31(32)40/h14-15,18-19,23,25,39-40H,5-6,10-13,16-17,20-22H2,1-4,7-9H3/b35-27-. The molecule has 0 aromatic heterocycles. The van der Waals surface area contributed by atoms with Crippen LogP contribution in [0.25, 0.3) is 16.8 Å². The number of phenolic OH excluding ortho intramolecular Hbond substituents is 1. The van der Waals surface area contributed by atoms with Crippen LogP contribution in [0.3, 0.4) is 0 Å². The van der Waals surface area contributed by atoms with E-state index in [0.717, 1.165) is 79.3 Å². The normalized spacial score (nSPS) is 14.3. The topological polar surface area (TPSA) is 32.3 Å². The highest BCUT2D eigenvalue weighted by Gasteiger charge is 2.33. The van der Waals surface area contributed by atoms with Crippen molar-refractivity contribution in [2.24, 2.45) is 5.92 Å². The fraction of sp³-hybridized carbons (Fsp3) is 0.500. The van der Waals surface area contributed by atoms with E-state index in [-0.39, 0.29) is 27.7 Å². The highest BCUT2D eigenvalue weighted by atomic mass is 35.5. The summed E-state index contributed by atoms with van der Waals surface area (Å²) in [6.07, 6.45) is 10.0. The van der Waals surface area contributed by atoms with Gasteiger partial charge in [-0.15, -0.1) is 0 Å². The molecule has 2 aromatic rings. The summed E-state index contributed by atoms with van der Waals surface area (Å²) in [5.74, 6) is 0.254. The number of hydrogen-bond donors (Lipinski definition) is 2. The van der Waals surface area contributed by atoms with Gasteiger partial charge in [0.05, 0.1) is 10.6 Å². The molecule has 40 heavy (non-hydrogen) atoms. The Balaban J connectivity index is 2.93. The van der Waals surface area contributed by atoms with Crippen LogP contribution in [0, 0.1) is 18.7 Å². The fourth-order valence-corrected chi connectivity index (χ4v) is 5.94. The van der Waals surface area contributed by atoms with E-state index < -0.39 is 0 Å². The van der Waals surface area contributed by atoms with Crippen molar-refractivity contribution in [3.05, 3.63) is 82.2 Å². The van der Waals surface area contributed by atoms with Crippen LogP contribution in [0.2, 0.25) is 5.02 Å². The molecule has 2 N–H and O–H groups in total. The first-order valence-corrected chi connectivity index (χ1v) is 15.5. The quantitative estimate of drug-likeness (QED) is 0.156. The van der Waals surface area contributed by atoms with Gasteiger partial charge in [-0.1, -0.05) is 109 Å². The fourth-order valence-electron chi connectivity index (χ4n) is 5.65. The molecule has 0 fully saturated rings. The van der Waals surface area contributed by atoms with Crippen molar-refractivity contribution >= 4 is 17.3 Å². The van der Waals surface area contributed by atoms with Crippen molar-refractivity contribution in [1.82, 2.24) is 5.32 Å². The van der Waals surface area contributed by atoms with E-state index in [1.165, 1.54) is 0 Å². The van der Waals surface area contributed by atoms with E-state index in [4.69, 9.17) is 11.6 Å². The van der Waals surface area contributed by atoms with E-state index in [9.17, 15) is 5.11 Å². The Labute approximate surface area is 248 Å². The third-order valence-corrected chi connectivity index (χ3v) is 8.59. The van der Waals surface area contributed by atoms with E-state index in [1.54, 1.807) is 12.1 Å². The van der Waals surface area contributed by atoms with E-state index >= 15 is 4.39 Å². The van der Waals surface area contributed by atoms with Gasteiger partial charge >= 0.3 is 0 Å². The summed E-state index contributed by atoms with van der Waals surface area (Å²) in [6.45, 7) is 23.5. The number of phenols is 1. The molecule has 2 atom stereocenters. The van der Waals surface area contributed by atoms with Gasteiger partial charge in [0, 0.05) is 22.4 Å². The van der Waals surface area contributed by atoms with Gasteiger partial charge in [-0.25, -0.2) is 4.39 Å². The van der Waals surface area contributed by atoms with Crippen LogP contribution in [-0.2, 0) is 6.42 Å². The molecule has 0 saturated carbocycles. The number of allylic oxidation sites excluding steroid dienone is 2. The Morgan fingerprint density at radius 3 is 2.35 bits per heavy atom. The molecule has 0 aliphatic carbocycles. The van der Waals surface area contributed by atoms with Gasteiger partial charge in [0.15, 0.2) is 0 Å². The Morgan fingerprint density at radius 1 is 1.12 bits per heavy atom. The van der Waals surface area contributed by atoms with Crippen LogP contribution in [-0.4, -0.2) is 10.6 Å². The lowest BCUT2D eigenvalue weighted by Gasteiger charge is -2.40. The zero-order valence-electron chi connectivity index (χ0n) is 25.9. The molecule has 0 heterocycles. The van der Waals surface area contributed by atoms with Crippen molar-refractivity contribution in [3.8, 4) is 16.9 Å². The summed E-state index contributed by atoms with van der Waals surface area (Å²) in [6, 6.07) is 7.10. The molecule has 2 nitrogen and oxygen atoms in total. The third-order valence-electron chi connectivity index (χ3n) is 8.30. The Morgan fingerprint density at radius 2 is 1.82 bits per heavy atom. The molecule has 0 amide bonds. The number of nitrogens with one attached hydrogen (secondary N) is 1. The van der Waals surface area contributed by atoms with Crippen LogP contribution in [0.4, 0.5) is 4.39 Å². The second-order valence-electron chi connectivity index (χ2n) is 11.4. The van der Waals surface area contributed by atoms with Crippen LogP contribution in [0.15, 0.2) is 54.6 Å². The monoisotopic (exact) mass is 567 g/mol. The first-order valence-electron chi connectivity index (χ1n) is 15.1. The molecular weight excluding hydrogens is 517 g/mol. The summed E-state index contributed by atoms with van der Waals surface area (Å²) < 4.78 is 16.7. The minimum atomic E-state index is -0.371. The molecule has 0 spiro atoms. The SMILES string of the molecule is C=C/C(CCC)=C(/NC(CCC)(CCC(C)CC)C(=C)C)c1cc(Cl)c(-c2c(C)cccc2O)c(F)c1CCC. The molecule has 0 aliphatic heterocycles. The number of benzene rings is 2. The molecule has 2 unspecified atom stereocenters.